The standard InChI is InChI=1S/C18H18N4O2/c1-13-8-18(22-11-20-21-12-22)19-9-14(13)6-7-15-10-23-16-4-2-3-5-17(16)24-15/h2-5,8-9,11-12,15H,6-7,10H2,1H3/t15-/m0/s1. The normalized spacial score (nSPS) is 16.1. The lowest BCUT2D eigenvalue weighted by Crippen LogP contribution is -2.29. The maximum Gasteiger partial charge on any atom is 0.161 e. The van der Waals surface area contributed by atoms with E-state index in [9.17, 15) is 0 Å². The number of hydrogen-bond acceptors (Lipinski definition) is 5. The third-order valence-electron chi connectivity index (χ3n) is 4.19. The van der Waals surface area contributed by atoms with Crippen LogP contribution in [0.5, 0.6) is 11.5 Å². The Bertz CT molecular complexity index is 833. The van der Waals surface area contributed by atoms with E-state index in [-0.39, 0.29) is 6.10 Å². The van der Waals surface area contributed by atoms with Crippen LogP contribution >= 0.6 is 0 Å². The molecular formula is C18H18N4O2. The summed E-state index contributed by atoms with van der Waals surface area (Å²) in [7, 11) is 0. The zero-order chi connectivity index (χ0) is 16.4. The van der Waals surface area contributed by atoms with E-state index < -0.39 is 0 Å². The molecule has 122 valence electrons. The van der Waals surface area contributed by atoms with Gasteiger partial charge in [0.1, 0.15) is 31.2 Å². The Labute approximate surface area is 140 Å². The van der Waals surface area contributed by atoms with Gasteiger partial charge in [-0.1, -0.05) is 12.1 Å². The van der Waals surface area contributed by atoms with E-state index in [4.69, 9.17) is 9.47 Å². The quantitative estimate of drug-likeness (QED) is 0.739. The third-order valence-corrected chi connectivity index (χ3v) is 4.19. The monoisotopic (exact) mass is 322 g/mol. The largest absolute Gasteiger partial charge is 0.486 e. The summed E-state index contributed by atoms with van der Waals surface area (Å²) in [5, 5.41) is 7.62. The Morgan fingerprint density at radius 3 is 2.75 bits per heavy atom. The van der Waals surface area contributed by atoms with Gasteiger partial charge in [0, 0.05) is 6.20 Å². The summed E-state index contributed by atoms with van der Waals surface area (Å²) >= 11 is 0. The molecule has 0 amide bonds. The average molecular weight is 322 g/mol. The van der Waals surface area contributed by atoms with E-state index in [2.05, 4.69) is 22.1 Å². The number of pyridine rings is 1. The fraction of sp³-hybridized carbons (Fsp3) is 0.278. The maximum absolute atomic E-state index is 6.01. The average Bonchev–Trinajstić information content (AvgIpc) is 3.15. The fourth-order valence-corrected chi connectivity index (χ4v) is 2.81. The van der Waals surface area contributed by atoms with Gasteiger partial charge in [0.25, 0.3) is 0 Å². The van der Waals surface area contributed by atoms with Gasteiger partial charge in [-0.25, -0.2) is 4.98 Å². The highest BCUT2D eigenvalue weighted by molar-refractivity contribution is 5.40. The van der Waals surface area contributed by atoms with Crippen LogP contribution in [-0.2, 0) is 6.42 Å². The van der Waals surface area contributed by atoms with E-state index in [1.807, 2.05) is 36.5 Å². The summed E-state index contributed by atoms with van der Waals surface area (Å²) in [5.41, 5.74) is 2.42. The Hall–Kier alpha value is -2.89. The molecule has 0 fully saturated rings. The molecule has 0 saturated heterocycles. The van der Waals surface area contributed by atoms with Crippen LogP contribution in [0.25, 0.3) is 5.82 Å². The molecule has 0 spiro atoms. The number of aromatic nitrogens is 4. The summed E-state index contributed by atoms with van der Waals surface area (Å²) in [6.07, 6.45) is 7.07. The predicted octanol–water partition coefficient (Wildman–Crippen LogP) is 2.74. The number of aryl methyl sites for hydroxylation is 2. The summed E-state index contributed by atoms with van der Waals surface area (Å²) in [4.78, 5) is 4.49. The second-order valence-corrected chi connectivity index (χ2v) is 5.87. The Morgan fingerprint density at radius 2 is 1.96 bits per heavy atom. The van der Waals surface area contributed by atoms with Crippen LogP contribution in [0, 0.1) is 6.92 Å². The molecule has 2 aromatic heterocycles. The van der Waals surface area contributed by atoms with Gasteiger partial charge >= 0.3 is 0 Å². The van der Waals surface area contributed by atoms with Crippen LogP contribution in [-0.4, -0.2) is 32.5 Å². The van der Waals surface area contributed by atoms with E-state index in [0.717, 1.165) is 30.2 Å². The number of fused-ring (bicyclic) bond motifs is 1. The summed E-state index contributed by atoms with van der Waals surface area (Å²) in [6, 6.07) is 9.84. The van der Waals surface area contributed by atoms with Crippen molar-refractivity contribution in [3.63, 3.8) is 0 Å². The van der Waals surface area contributed by atoms with Crippen molar-refractivity contribution in [3.8, 4) is 17.3 Å². The molecule has 1 aliphatic heterocycles. The molecule has 1 atom stereocenters. The van der Waals surface area contributed by atoms with Crippen molar-refractivity contribution in [1.29, 1.82) is 0 Å². The van der Waals surface area contributed by atoms with Crippen molar-refractivity contribution in [1.82, 2.24) is 19.7 Å². The molecule has 4 rings (SSSR count). The van der Waals surface area contributed by atoms with Crippen molar-refractivity contribution in [2.24, 2.45) is 0 Å². The van der Waals surface area contributed by atoms with E-state index >= 15 is 0 Å². The minimum Gasteiger partial charge on any atom is -0.486 e. The molecule has 3 heterocycles. The van der Waals surface area contributed by atoms with Gasteiger partial charge in [-0.2, -0.15) is 0 Å². The minimum atomic E-state index is 0.0665. The van der Waals surface area contributed by atoms with Crippen molar-refractivity contribution in [3.05, 3.63) is 60.3 Å². The smallest absolute Gasteiger partial charge is 0.161 e. The van der Waals surface area contributed by atoms with E-state index in [0.29, 0.717) is 6.61 Å². The highest BCUT2D eigenvalue weighted by atomic mass is 16.6. The fourth-order valence-electron chi connectivity index (χ4n) is 2.81. The number of rotatable bonds is 4. The van der Waals surface area contributed by atoms with Gasteiger partial charge in [0.2, 0.25) is 0 Å². The van der Waals surface area contributed by atoms with Crippen LogP contribution in [0.1, 0.15) is 17.5 Å². The van der Waals surface area contributed by atoms with Gasteiger partial charge in [0.05, 0.1) is 0 Å². The first-order valence-corrected chi connectivity index (χ1v) is 7.98. The molecule has 0 bridgehead atoms. The number of hydrogen-bond donors (Lipinski definition) is 0. The lowest BCUT2D eigenvalue weighted by atomic mass is 10.0. The van der Waals surface area contributed by atoms with Crippen LogP contribution in [0.3, 0.4) is 0 Å². The number of benzene rings is 1. The van der Waals surface area contributed by atoms with Gasteiger partial charge in [-0.15, -0.1) is 10.2 Å². The Balaban J connectivity index is 1.41. The van der Waals surface area contributed by atoms with Crippen LogP contribution < -0.4 is 9.47 Å². The molecule has 0 saturated carbocycles. The van der Waals surface area contributed by atoms with Gasteiger partial charge in [-0.3, -0.25) is 4.57 Å². The van der Waals surface area contributed by atoms with E-state index in [1.165, 1.54) is 11.1 Å². The summed E-state index contributed by atoms with van der Waals surface area (Å²) in [5.74, 6) is 2.48. The first-order chi connectivity index (χ1) is 11.8. The van der Waals surface area contributed by atoms with Crippen molar-refractivity contribution < 1.29 is 9.47 Å². The minimum absolute atomic E-state index is 0.0665. The van der Waals surface area contributed by atoms with Gasteiger partial charge in [0.15, 0.2) is 11.5 Å². The molecule has 24 heavy (non-hydrogen) atoms. The molecule has 0 aliphatic carbocycles. The molecule has 0 unspecified atom stereocenters. The molecule has 0 N–H and O–H groups in total. The van der Waals surface area contributed by atoms with Crippen LogP contribution in [0.2, 0.25) is 0 Å². The highest BCUT2D eigenvalue weighted by Gasteiger charge is 2.20. The van der Waals surface area contributed by atoms with Crippen molar-refractivity contribution in [2.45, 2.75) is 25.9 Å². The lowest BCUT2D eigenvalue weighted by molar-refractivity contribution is 0.0851. The summed E-state index contributed by atoms with van der Waals surface area (Å²) < 4.78 is 13.6. The molecular weight excluding hydrogens is 304 g/mol. The number of nitrogens with zero attached hydrogens (tertiary/aromatic N) is 4. The maximum atomic E-state index is 6.01. The van der Waals surface area contributed by atoms with Gasteiger partial charge < -0.3 is 9.47 Å². The molecule has 6 nitrogen and oxygen atoms in total. The third kappa shape index (κ3) is 2.95. The van der Waals surface area contributed by atoms with Crippen LogP contribution in [0.15, 0.2) is 49.2 Å². The molecule has 0 radical (unpaired) electrons. The Kier molecular flexibility index (Phi) is 3.86. The number of para-hydroxylation sites is 2. The highest BCUT2D eigenvalue weighted by Crippen LogP contribution is 2.32. The predicted molar refractivity (Wildman–Crippen MR) is 88.6 cm³/mol. The molecule has 6 heteroatoms. The molecule has 1 aromatic carbocycles. The Morgan fingerprint density at radius 1 is 1.17 bits per heavy atom. The SMILES string of the molecule is Cc1cc(-n2cnnc2)ncc1CC[C@H]1COc2ccccc2O1. The zero-order valence-corrected chi connectivity index (χ0v) is 13.4. The second kappa shape index (κ2) is 6.31. The molecule has 1 aliphatic rings. The topological polar surface area (TPSA) is 62.1 Å². The molecule has 3 aromatic rings. The van der Waals surface area contributed by atoms with Crippen molar-refractivity contribution >= 4 is 0 Å². The lowest BCUT2D eigenvalue weighted by Gasteiger charge is -2.26. The summed E-state index contributed by atoms with van der Waals surface area (Å²) in [6.45, 7) is 2.68. The number of ether oxygens (including phenoxy) is 2. The zero-order valence-electron chi connectivity index (χ0n) is 13.4. The van der Waals surface area contributed by atoms with Gasteiger partial charge in [-0.05, 0) is 49.1 Å². The van der Waals surface area contributed by atoms with Crippen LogP contribution in [0.4, 0.5) is 0 Å². The first-order valence-electron chi connectivity index (χ1n) is 7.98. The second-order valence-electron chi connectivity index (χ2n) is 5.87. The van der Waals surface area contributed by atoms with E-state index in [1.54, 1.807) is 17.2 Å². The van der Waals surface area contributed by atoms with Crippen molar-refractivity contribution in [2.75, 3.05) is 6.61 Å². The first kappa shape index (κ1) is 14.7.